The average molecular weight is 231 g/mol. The lowest BCUT2D eigenvalue weighted by molar-refractivity contribution is 0.276. The summed E-state index contributed by atoms with van der Waals surface area (Å²) < 4.78 is 5.62. The number of hydrogen-bond donors (Lipinski definition) is 2. The van der Waals surface area contributed by atoms with Gasteiger partial charge < -0.3 is 15.6 Å². The van der Waals surface area contributed by atoms with Crippen LogP contribution in [0.1, 0.15) is 11.1 Å². The van der Waals surface area contributed by atoms with Gasteiger partial charge in [0.2, 0.25) is 5.88 Å². The molecule has 0 atom stereocenters. The quantitative estimate of drug-likeness (QED) is 0.839. The van der Waals surface area contributed by atoms with Crippen LogP contribution in [0.15, 0.2) is 30.6 Å². The van der Waals surface area contributed by atoms with E-state index in [0.29, 0.717) is 28.6 Å². The molecule has 0 unspecified atom stereocenters. The van der Waals surface area contributed by atoms with Crippen LogP contribution in [-0.4, -0.2) is 15.1 Å². The minimum atomic E-state index is -0.0875. The summed E-state index contributed by atoms with van der Waals surface area (Å²) in [5, 5.41) is 9.18. The number of ether oxygens (including phenoxy) is 1. The Balaban J connectivity index is 2.35. The van der Waals surface area contributed by atoms with Crippen LogP contribution in [0, 0.1) is 6.92 Å². The molecular formula is C12H13N3O2. The molecule has 0 amide bonds. The fourth-order valence-corrected chi connectivity index (χ4v) is 1.39. The molecule has 0 saturated heterocycles. The highest BCUT2D eigenvalue weighted by Crippen LogP contribution is 2.27. The van der Waals surface area contributed by atoms with E-state index in [-0.39, 0.29) is 6.61 Å². The second kappa shape index (κ2) is 4.80. The maximum absolute atomic E-state index is 9.18. The highest BCUT2D eigenvalue weighted by molar-refractivity contribution is 5.45. The van der Waals surface area contributed by atoms with Crippen LogP contribution in [0.2, 0.25) is 0 Å². The molecule has 1 heterocycles. The summed E-state index contributed by atoms with van der Waals surface area (Å²) in [5.41, 5.74) is 7.04. The van der Waals surface area contributed by atoms with Gasteiger partial charge in [0.1, 0.15) is 17.9 Å². The number of benzene rings is 1. The van der Waals surface area contributed by atoms with Gasteiger partial charge in [-0.3, -0.25) is 0 Å². The summed E-state index contributed by atoms with van der Waals surface area (Å²) >= 11 is 0. The number of nitrogens with zero attached hydrogens (tertiary/aromatic N) is 2. The Morgan fingerprint density at radius 3 is 2.82 bits per heavy atom. The molecule has 1 aromatic heterocycles. The number of aromatic nitrogens is 2. The Bertz CT molecular complexity index is 529. The van der Waals surface area contributed by atoms with E-state index >= 15 is 0 Å². The van der Waals surface area contributed by atoms with E-state index in [2.05, 4.69) is 9.97 Å². The molecule has 5 heteroatoms. The number of aliphatic hydroxyl groups excluding tert-OH is 1. The third-order valence-electron chi connectivity index (χ3n) is 2.43. The normalized spacial score (nSPS) is 10.2. The highest BCUT2D eigenvalue weighted by atomic mass is 16.5. The molecule has 0 spiro atoms. The largest absolute Gasteiger partial charge is 0.438 e. The van der Waals surface area contributed by atoms with E-state index in [1.54, 1.807) is 19.1 Å². The van der Waals surface area contributed by atoms with Gasteiger partial charge in [-0.25, -0.2) is 9.97 Å². The molecule has 0 aliphatic carbocycles. The van der Waals surface area contributed by atoms with Crippen LogP contribution < -0.4 is 10.5 Å². The zero-order valence-electron chi connectivity index (χ0n) is 9.42. The third kappa shape index (κ3) is 2.34. The molecule has 0 bridgehead atoms. The van der Waals surface area contributed by atoms with Crippen LogP contribution in [0.25, 0.3) is 0 Å². The minimum Gasteiger partial charge on any atom is -0.438 e. The van der Waals surface area contributed by atoms with Crippen LogP contribution in [0.3, 0.4) is 0 Å². The first-order valence-corrected chi connectivity index (χ1v) is 5.16. The van der Waals surface area contributed by atoms with Crippen molar-refractivity contribution in [3.8, 4) is 11.6 Å². The first kappa shape index (κ1) is 11.3. The standard InChI is InChI=1S/C12H13N3O2/c1-8-11(13)14-7-15-12(8)17-10-5-3-2-4-9(10)6-16/h2-5,7,16H,6H2,1H3,(H2,13,14,15). The Morgan fingerprint density at radius 2 is 2.06 bits per heavy atom. The van der Waals surface area contributed by atoms with Gasteiger partial charge in [-0.1, -0.05) is 18.2 Å². The molecular weight excluding hydrogens is 218 g/mol. The smallest absolute Gasteiger partial charge is 0.227 e. The summed E-state index contributed by atoms with van der Waals surface area (Å²) in [6.45, 7) is 1.70. The molecule has 3 N–H and O–H groups in total. The molecule has 1 aromatic carbocycles. The predicted octanol–water partition coefficient (Wildman–Crippen LogP) is 1.65. The lowest BCUT2D eigenvalue weighted by atomic mass is 10.2. The van der Waals surface area contributed by atoms with Gasteiger partial charge >= 0.3 is 0 Å². The Morgan fingerprint density at radius 1 is 1.29 bits per heavy atom. The van der Waals surface area contributed by atoms with Crippen molar-refractivity contribution in [2.45, 2.75) is 13.5 Å². The van der Waals surface area contributed by atoms with E-state index in [4.69, 9.17) is 10.5 Å². The molecule has 17 heavy (non-hydrogen) atoms. The fourth-order valence-electron chi connectivity index (χ4n) is 1.39. The molecule has 0 aliphatic rings. The number of nitrogens with two attached hydrogens (primary N) is 1. The van der Waals surface area contributed by atoms with Crippen molar-refractivity contribution in [1.82, 2.24) is 9.97 Å². The van der Waals surface area contributed by atoms with E-state index in [1.807, 2.05) is 12.1 Å². The highest BCUT2D eigenvalue weighted by Gasteiger charge is 2.09. The molecule has 0 aliphatic heterocycles. The molecule has 2 aromatic rings. The fraction of sp³-hybridized carbons (Fsp3) is 0.167. The molecule has 0 fully saturated rings. The second-order valence-electron chi connectivity index (χ2n) is 3.56. The van der Waals surface area contributed by atoms with Gasteiger partial charge in [0, 0.05) is 5.56 Å². The summed E-state index contributed by atoms with van der Waals surface area (Å²) in [6.07, 6.45) is 1.35. The number of hydrogen-bond acceptors (Lipinski definition) is 5. The van der Waals surface area contributed by atoms with Crippen molar-refractivity contribution >= 4 is 5.82 Å². The lowest BCUT2D eigenvalue weighted by Crippen LogP contribution is -2.00. The molecule has 0 radical (unpaired) electrons. The third-order valence-corrected chi connectivity index (χ3v) is 2.43. The van der Waals surface area contributed by atoms with Gasteiger partial charge in [-0.15, -0.1) is 0 Å². The zero-order valence-corrected chi connectivity index (χ0v) is 9.42. The van der Waals surface area contributed by atoms with Crippen molar-refractivity contribution in [2.24, 2.45) is 0 Å². The first-order valence-electron chi connectivity index (χ1n) is 5.16. The van der Waals surface area contributed by atoms with E-state index < -0.39 is 0 Å². The van der Waals surface area contributed by atoms with Crippen molar-refractivity contribution in [3.63, 3.8) is 0 Å². The van der Waals surface area contributed by atoms with Crippen molar-refractivity contribution in [1.29, 1.82) is 0 Å². The lowest BCUT2D eigenvalue weighted by Gasteiger charge is -2.10. The van der Waals surface area contributed by atoms with Crippen molar-refractivity contribution in [3.05, 3.63) is 41.7 Å². The average Bonchev–Trinajstić information content (AvgIpc) is 2.35. The maximum Gasteiger partial charge on any atom is 0.227 e. The van der Waals surface area contributed by atoms with Crippen molar-refractivity contribution in [2.75, 3.05) is 5.73 Å². The van der Waals surface area contributed by atoms with Crippen molar-refractivity contribution < 1.29 is 9.84 Å². The van der Waals surface area contributed by atoms with E-state index in [9.17, 15) is 5.11 Å². The van der Waals surface area contributed by atoms with Crippen LogP contribution in [-0.2, 0) is 6.61 Å². The SMILES string of the molecule is Cc1c(N)ncnc1Oc1ccccc1CO. The van der Waals surface area contributed by atoms with E-state index in [0.717, 1.165) is 0 Å². The predicted molar refractivity (Wildman–Crippen MR) is 63.6 cm³/mol. The molecule has 5 nitrogen and oxygen atoms in total. The zero-order chi connectivity index (χ0) is 12.3. The van der Waals surface area contributed by atoms with Crippen LogP contribution in [0.5, 0.6) is 11.6 Å². The summed E-state index contributed by atoms with van der Waals surface area (Å²) in [6, 6.07) is 7.21. The number of anilines is 1. The van der Waals surface area contributed by atoms with Gasteiger partial charge in [0.15, 0.2) is 0 Å². The summed E-state index contributed by atoms with van der Waals surface area (Å²) in [4.78, 5) is 7.88. The molecule has 2 rings (SSSR count). The van der Waals surface area contributed by atoms with E-state index in [1.165, 1.54) is 6.33 Å². The van der Waals surface area contributed by atoms with Gasteiger partial charge in [0.05, 0.1) is 12.2 Å². The second-order valence-corrected chi connectivity index (χ2v) is 3.56. The number of aliphatic hydroxyl groups is 1. The van der Waals surface area contributed by atoms with Gasteiger partial charge in [-0.05, 0) is 13.0 Å². The Hall–Kier alpha value is -2.14. The minimum absolute atomic E-state index is 0.0875. The summed E-state index contributed by atoms with van der Waals surface area (Å²) in [5.74, 6) is 1.35. The Labute approximate surface area is 98.9 Å². The number of para-hydroxylation sites is 1. The molecule has 0 saturated carbocycles. The van der Waals surface area contributed by atoms with Crippen LogP contribution >= 0.6 is 0 Å². The Kier molecular flexibility index (Phi) is 3.20. The number of nitrogen functional groups attached to an aromatic ring is 1. The topological polar surface area (TPSA) is 81.3 Å². The first-order chi connectivity index (χ1) is 8.22. The monoisotopic (exact) mass is 231 g/mol. The maximum atomic E-state index is 9.18. The molecule has 88 valence electrons. The van der Waals surface area contributed by atoms with Gasteiger partial charge in [-0.2, -0.15) is 0 Å². The summed E-state index contributed by atoms with van der Waals surface area (Å²) in [7, 11) is 0. The van der Waals surface area contributed by atoms with Crippen LogP contribution in [0.4, 0.5) is 5.82 Å². The number of rotatable bonds is 3. The van der Waals surface area contributed by atoms with Gasteiger partial charge in [0.25, 0.3) is 0 Å².